The summed E-state index contributed by atoms with van der Waals surface area (Å²) in [6.45, 7) is 0. The Kier molecular flexibility index (Phi) is 3.52. The maximum Gasteiger partial charge on any atom is 0.128 e. The summed E-state index contributed by atoms with van der Waals surface area (Å²) in [4.78, 5) is 0. The Bertz CT molecular complexity index is 441. The third-order valence-electron chi connectivity index (χ3n) is 3.17. The molecular formula is C13H17NO3. The fraction of sp³-hybridized carbons (Fsp3) is 0.462. The van der Waals surface area contributed by atoms with Gasteiger partial charge in [0.2, 0.25) is 0 Å². The molecule has 1 aromatic rings. The van der Waals surface area contributed by atoms with Crippen molar-refractivity contribution in [2.24, 2.45) is 5.16 Å². The molecule has 0 aromatic heterocycles. The predicted molar refractivity (Wildman–Crippen MR) is 65.4 cm³/mol. The molecule has 17 heavy (non-hydrogen) atoms. The van der Waals surface area contributed by atoms with Crippen molar-refractivity contribution in [1.82, 2.24) is 0 Å². The molecule has 0 saturated carbocycles. The number of nitrogens with zero attached hydrogens (tertiary/aromatic N) is 1. The van der Waals surface area contributed by atoms with Crippen molar-refractivity contribution in [3.05, 3.63) is 23.3 Å². The van der Waals surface area contributed by atoms with Crippen molar-refractivity contribution in [1.29, 1.82) is 0 Å². The summed E-state index contributed by atoms with van der Waals surface area (Å²) in [6, 6.07) is 3.76. The van der Waals surface area contributed by atoms with Crippen molar-refractivity contribution < 1.29 is 14.7 Å². The standard InChI is InChI=1S/C13H17NO3/c1-16-11-7-8-12(17-2)13-9(11)5-3-4-6-10(13)14-15/h7-8,15H,3-6H2,1-2H3/b14-10+. The monoisotopic (exact) mass is 235 g/mol. The normalized spacial score (nSPS) is 17.4. The minimum absolute atomic E-state index is 0.688. The van der Waals surface area contributed by atoms with Gasteiger partial charge in [-0.3, -0.25) is 0 Å². The van der Waals surface area contributed by atoms with E-state index in [1.165, 1.54) is 0 Å². The van der Waals surface area contributed by atoms with Gasteiger partial charge in [0.05, 0.1) is 19.9 Å². The highest BCUT2D eigenvalue weighted by atomic mass is 16.5. The molecule has 4 heteroatoms. The van der Waals surface area contributed by atoms with Gasteiger partial charge in [-0.05, 0) is 37.8 Å². The molecule has 0 spiro atoms. The summed E-state index contributed by atoms with van der Waals surface area (Å²) in [5.74, 6) is 1.58. The maximum absolute atomic E-state index is 9.14. The van der Waals surface area contributed by atoms with Crippen LogP contribution in [0.1, 0.15) is 30.4 Å². The summed E-state index contributed by atoms with van der Waals surface area (Å²) < 4.78 is 10.7. The average Bonchev–Trinajstić information content (AvgIpc) is 2.59. The van der Waals surface area contributed by atoms with Crippen LogP contribution in [0.4, 0.5) is 0 Å². The number of hydrogen-bond acceptors (Lipinski definition) is 4. The van der Waals surface area contributed by atoms with Crippen molar-refractivity contribution >= 4 is 5.71 Å². The molecule has 1 N–H and O–H groups in total. The van der Waals surface area contributed by atoms with Crippen LogP contribution in [0.3, 0.4) is 0 Å². The van der Waals surface area contributed by atoms with Crippen LogP contribution in [0.2, 0.25) is 0 Å². The molecule has 0 heterocycles. The Labute approximate surface area is 101 Å². The average molecular weight is 235 g/mol. The van der Waals surface area contributed by atoms with E-state index in [9.17, 15) is 0 Å². The van der Waals surface area contributed by atoms with Crippen LogP contribution in [0.25, 0.3) is 0 Å². The number of ether oxygens (including phenoxy) is 2. The van der Waals surface area contributed by atoms with E-state index < -0.39 is 0 Å². The van der Waals surface area contributed by atoms with Gasteiger partial charge in [0, 0.05) is 11.1 Å². The van der Waals surface area contributed by atoms with Crippen LogP contribution in [-0.2, 0) is 6.42 Å². The zero-order valence-corrected chi connectivity index (χ0v) is 10.2. The van der Waals surface area contributed by atoms with E-state index in [2.05, 4.69) is 5.16 Å². The second kappa shape index (κ2) is 5.08. The number of benzene rings is 1. The molecule has 0 radical (unpaired) electrons. The highest BCUT2D eigenvalue weighted by Gasteiger charge is 2.22. The fourth-order valence-electron chi connectivity index (χ4n) is 2.35. The Morgan fingerprint density at radius 1 is 1.06 bits per heavy atom. The van der Waals surface area contributed by atoms with Crippen LogP contribution in [0.5, 0.6) is 11.5 Å². The van der Waals surface area contributed by atoms with Crippen LogP contribution in [0.15, 0.2) is 17.3 Å². The Morgan fingerprint density at radius 2 is 1.71 bits per heavy atom. The number of rotatable bonds is 2. The van der Waals surface area contributed by atoms with Gasteiger partial charge in [-0.1, -0.05) is 5.16 Å². The molecule has 0 bridgehead atoms. The topological polar surface area (TPSA) is 51.0 Å². The van der Waals surface area contributed by atoms with Gasteiger partial charge in [-0.25, -0.2) is 0 Å². The molecule has 0 amide bonds. The van der Waals surface area contributed by atoms with Crippen molar-refractivity contribution in [2.45, 2.75) is 25.7 Å². The fourth-order valence-corrected chi connectivity index (χ4v) is 2.35. The largest absolute Gasteiger partial charge is 0.496 e. The smallest absolute Gasteiger partial charge is 0.128 e. The molecule has 4 nitrogen and oxygen atoms in total. The lowest BCUT2D eigenvalue weighted by molar-refractivity contribution is 0.317. The van der Waals surface area contributed by atoms with Gasteiger partial charge in [-0.2, -0.15) is 0 Å². The number of methoxy groups -OCH3 is 2. The van der Waals surface area contributed by atoms with Crippen molar-refractivity contribution in [3.63, 3.8) is 0 Å². The molecule has 0 unspecified atom stereocenters. The molecule has 2 rings (SSSR count). The van der Waals surface area contributed by atoms with Gasteiger partial charge in [0.15, 0.2) is 0 Å². The third kappa shape index (κ3) is 2.07. The summed E-state index contributed by atoms with van der Waals surface area (Å²) >= 11 is 0. The second-order valence-corrected chi connectivity index (χ2v) is 4.08. The molecule has 0 aliphatic heterocycles. The second-order valence-electron chi connectivity index (χ2n) is 4.08. The van der Waals surface area contributed by atoms with Gasteiger partial charge in [0.25, 0.3) is 0 Å². The molecule has 0 saturated heterocycles. The van der Waals surface area contributed by atoms with E-state index in [0.717, 1.165) is 48.3 Å². The van der Waals surface area contributed by atoms with Gasteiger partial charge in [-0.15, -0.1) is 0 Å². The van der Waals surface area contributed by atoms with Crippen molar-refractivity contribution in [2.75, 3.05) is 14.2 Å². The Morgan fingerprint density at radius 3 is 2.35 bits per heavy atom. The number of oxime groups is 1. The zero-order valence-electron chi connectivity index (χ0n) is 10.2. The lowest BCUT2D eigenvalue weighted by Gasteiger charge is -2.15. The molecule has 1 aromatic carbocycles. The first-order valence-electron chi connectivity index (χ1n) is 5.77. The molecule has 0 atom stereocenters. The van der Waals surface area contributed by atoms with E-state index in [4.69, 9.17) is 14.7 Å². The first-order chi connectivity index (χ1) is 8.31. The molecule has 0 fully saturated rings. The highest BCUT2D eigenvalue weighted by molar-refractivity contribution is 6.04. The SMILES string of the molecule is COc1ccc(OC)c2c1CCCC/C2=N\O. The summed E-state index contributed by atoms with van der Waals surface area (Å²) in [6.07, 6.45) is 3.78. The molecule has 92 valence electrons. The number of hydrogen-bond donors (Lipinski definition) is 1. The van der Waals surface area contributed by atoms with Crippen molar-refractivity contribution in [3.8, 4) is 11.5 Å². The van der Waals surface area contributed by atoms with Gasteiger partial charge < -0.3 is 14.7 Å². The minimum atomic E-state index is 0.688. The Hall–Kier alpha value is -1.71. The lowest BCUT2D eigenvalue weighted by Crippen LogP contribution is -2.06. The molecule has 1 aliphatic carbocycles. The first kappa shape index (κ1) is 11.8. The third-order valence-corrected chi connectivity index (χ3v) is 3.17. The lowest BCUT2D eigenvalue weighted by atomic mass is 9.99. The van der Waals surface area contributed by atoms with Crippen LogP contribution < -0.4 is 9.47 Å². The van der Waals surface area contributed by atoms with E-state index in [-0.39, 0.29) is 0 Å². The summed E-state index contributed by atoms with van der Waals surface area (Å²) in [5.41, 5.74) is 2.66. The first-order valence-corrected chi connectivity index (χ1v) is 5.77. The van der Waals surface area contributed by atoms with E-state index in [0.29, 0.717) is 5.71 Å². The van der Waals surface area contributed by atoms with E-state index in [1.807, 2.05) is 12.1 Å². The highest BCUT2D eigenvalue weighted by Crippen LogP contribution is 2.35. The van der Waals surface area contributed by atoms with Gasteiger partial charge in [0.1, 0.15) is 11.5 Å². The van der Waals surface area contributed by atoms with Crippen LogP contribution >= 0.6 is 0 Å². The molecular weight excluding hydrogens is 218 g/mol. The zero-order chi connectivity index (χ0) is 12.3. The quantitative estimate of drug-likeness (QED) is 0.487. The predicted octanol–water partition coefficient (Wildman–Crippen LogP) is 2.61. The number of fused-ring (bicyclic) bond motifs is 1. The van der Waals surface area contributed by atoms with Crippen LogP contribution in [0, 0.1) is 0 Å². The maximum atomic E-state index is 9.14. The minimum Gasteiger partial charge on any atom is -0.496 e. The van der Waals surface area contributed by atoms with E-state index >= 15 is 0 Å². The van der Waals surface area contributed by atoms with Gasteiger partial charge >= 0.3 is 0 Å². The van der Waals surface area contributed by atoms with E-state index in [1.54, 1.807) is 14.2 Å². The Balaban J connectivity index is 2.64. The molecule has 1 aliphatic rings. The van der Waals surface area contributed by atoms with Crippen LogP contribution in [-0.4, -0.2) is 25.1 Å². The summed E-state index contributed by atoms with van der Waals surface area (Å²) in [5, 5.41) is 12.6. The summed E-state index contributed by atoms with van der Waals surface area (Å²) in [7, 11) is 3.28.